The van der Waals surface area contributed by atoms with E-state index in [1.54, 1.807) is 11.6 Å². The van der Waals surface area contributed by atoms with Crippen molar-refractivity contribution in [3.8, 4) is 0 Å². The Morgan fingerprint density at radius 2 is 1.91 bits per heavy atom. The van der Waals surface area contributed by atoms with Crippen LogP contribution in [0.15, 0.2) is 23.1 Å². The van der Waals surface area contributed by atoms with Crippen LogP contribution in [0.25, 0.3) is 0 Å². The molecule has 0 saturated carbocycles. The quantitative estimate of drug-likeness (QED) is 0.839. The van der Waals surface area contributed by atoms with Crippen LogP contribution in [0.3, 0.4) is 0 Å². The molecule has 23 heavy (non-hydrogen) atoms. The highest BCUT2D eigenvalue weighted by atomic mass is 32.2. The van der Waals surface area contributed by atoms with E-state index in [0.717, 1.165) is 33.4 Å². The summed E-state index contributed by atoms with van der Waals surface area (Å²) in [5, 5.41) is 4.34. The summed E-state index contributed by atoms with van der Waals surface area (Å²) in [6.45, 7) is 6.34. The van der Waals surface area contributed by atoms with Crippen molar-refractivity contribution in [1.82, 2.24) is 14.1 Å². The maximum absolute atomic E-state index is 13.8. The van der Waals surface area contributed by atoms with Crippen molar-refractivity contribution < 1.29 is 17.2 Å². The molecule has 126 valence electrons. The first-order valence-electron chi connectivity index (χ1n) is 7.12. The highest BCUT2D eigenvalue weighted by Crippen LogP contribution is 2.22. The van der Waals surface area contributed by atoms with Gasteiger partial charge in [0, 0.05) is 37.5 Å². The molecule has 0 aliphatic rings. The standard InChI is InChI=1S/C15H19F2N3O2S/c1-5-20-11(3)13(10(2)18-20)9-19(4)23(21,22)15-7-6-12(16)8-14(15)17/h6-8H,5,9H2,1-4H3. The second kappa shape index (κ2) is 6.37. The number of aromatic nitrogens is 2. The van der Waals surface area contributed by atoms with Gasteiger partial charge in [0.2, 0.25) is 10.0 Å². The van der Waals surface area contributed by atoms with Gasteiger partial charge in [0.05, 0.1) is 5.69 Å². The van der Waals surface area contributed by atoms with E-state index in [1.807, 2.05) is 13.8 Å². The van der Waals surface area contributed by atoms with Crippen LogP contribution in [-0.2, 0) is 23.1 Å². The molecular weight excluding hydrogens is 324 g/mol. The maximum atomic E-state index is 13.8. The minimum Gasteiger partial charge on any atom is -0.270 e. The second-order valence-corrected chi connectivity index (χ2v) is 7.31. The Bertz CT molecular complexity index is 831. The molecule has 0 spiro atoms. The highest BCUT2D eigenvalue weighted by Gasteiger charge is 2.26. The third-order valence-corrected chi connectivity index (χ3v) is 5.63. The van der Waals surface area contributed by atoms with Crippen LogP contribution in [0, 0.1) is 25.5 Å². The van der Waals surface area contributed by atoms with Crippen molar-refractivity contribution >= 4 is 10.0 Å². The van der Waals surface area contributed by atoms with Gasteiger partial charge in [-0.15, -0.1) is 0 Å². The molecular formula is C15H19F2N3O2S. The lowest BCUT2D eigenvalue weighted by atomic mass is 10.2. The van der Waals surface area contributed by atoms with Gasteiger partial charge < -0.3 is 0 Å². The summed E-state index contributed by atoms with van der Waals surface area (Å²) >= 11 is 0. The Kier molecular flexibility index (Phi) is 4.86. The van der Waals surface area contributed by atoms with Crippen molar-refractivity contribution in [2.45, 2.75) is 38.8 Å². The molecule has 8 heteroatoms. The van der Waals surface area contributed by atoms with Gasteiger partial charge >= 0.3 is 0 Å². The van der Waals surface area contributed by atoms with Gasteiger partial charge in [-0.2, -0.15) is 9.40 Å². The molecule has 0 atom stereocenters. The average molecular weight is 343 g/mol. The van der Waals surface area contributed by atoms with Gasteiger partial charge in [-0.1, -0.05) is 0 Å². The van der Waals surface area contributed by atoms with Gasteiger partial charge in [0.1, 0.15) is 16.5 Å². The predicted molar refractivity (Wildman–Crippen MR) is 82.4 cm³/mol. The number of halogens is 2. The van der Waals surface area contributed by atoms with E-state index in [1.165, 1.54) is 7.05 Å². The van der Waals surface area contributed by atoms with Crippen molar-refractivity contribution in [1.29, 1.82) is 0 Å². The van der Waals surface area contributed by atoms with Crippen LogP contribution in [0.4, 0.5) is 8.78 Å². The van der Waals surface area contributed by atoms with E-state index in [0.29, 0.717) is 12.6 Å². The van der Waals surface area contributed by atoms with E-state index in [4.69, 9.17) is 0 Å². The van der Waals surface area contributed by atoms with Gasteiger partial charge in [0.25, 0.3) is 0 Å². The molecule has 0 amide bonds. The number of sulfonamides is 1. The van der Waals surface area contributed by atoms with Crippen LogP contribution < -0.4 is 0 Å². The summed E-state index contributed by atoms with van der Waals surface area (Å²) in [5.41, 5.74) is 2.37. The van der Waals surface area contributed by atoms with Crippen LogP contribution in [0.2, 0.25) is 0 Å². The second-order valence-electron chi connectivity index (χ2n) is 5.30. The topological polar surface area (TPSA) is 55.2 Å². The third-order valence-electron chi connectivity index (χ3n) is 3.79. The van der Waals surface area contributed by atoms with E-state index in [-0.39, 0.29) is 6.54 Å². The van der Waals surface area contributed by atoms with Gasteiger partial charge in [-0.3, -0.25) is 4.68 Å². The smallest absolute Gasteiger partial charge is 0.246 e. The Hall–Kier alpha value is -1.80. The van der Waals surface area contributed by atoms with E-state index in [2.05, 4.69) is 5.10 Å². The Morgan fingerprint density at radius 1 is 1.26 bits per heavy atom. The summed E-state index contributed by atoms with van der Waals surface area (Å²) < 4.78 is 54.6. The number of hydrogen-bond donors (Lipinski definition) is 0. The molecule has 0 unspecified atom stereocenters. The van der Waals surface area contributed by atoms with Crippen molar-refractivity contribution in [3.05, 3.63) is 46.8 Å². The molecule has 0 radical (unpaired) electrons. The molecule has 0 fully saturated rings. The van der Waals surface area contributed by atoms with Gasteiger partial charge in [-0.05, 0) is 32.9 Å². The number of benzene rings is 1. The van der Waals surface area contributed by atoms with Crippen LogP contribution in [0.5, 0.6) is 0 Å². The predicted octanol–water partition coefficient (Wildman–Crippen LogP) is 2.62. The van der Waals surface area contributed by atoms with Crippen molar-refractivity contribution in [2.75, 3.05) is 7.05 Å². The lowest BCUT2D eigenvalue weighted by Crippen LogP contribution is -2.27. The largest absolute Gasteiger partial charge is 0.270 e. The van der Waals surface area contributed by atoms with Crippen molar-refractivity contribution in [3.63, 3.8) is 0 Å². The molecule has 0 aliphatic heterocycles. The fourth-order valence-corrected chi connectivity index (χ4v) is 3.61. The number of nitrogens with zero attached hydrogens (tertiary/aromatic N) is 3. The normalized spacial score (nSPS) is 12.1. The van der Waals surface area contributed by atoms with Gasteiger partial charge in [0.15, 0.2) is 0 Å². The fraction of sp³-hybridized carbons (Fsp3) is 0.400. The molecule has 2 aromatic rings. The molecule has 1 aromatic carbocycles. The van der Waals surface area contributed by atoms with Crippen LogP contribution in [-0.4, -0.2) is 29.6 Å². The number of rotatable bonds is 5. The first-order chi connectivity index (χ1) is 10.7. The summed E-state index contributed by atoms with van der Waals surface area (Å²) in [5.74, 6) is -1.92. The SMILES string of the molecule is CCn1nc(C)c(CN(C)S(=O)(=O)c2ccc(F)cc2F)c1C. The first kappa shape index (κ1) is 17.6. The minimum absolute atomic E-state index is 0.0663. The van der Waals surface area contributed by atoms with Gasteiger partial charge in [-0.25, -0.2) is 17.2 Å². The average Bonchev–Trinajstić information content (AvgIpc) is 2.74. The van der Waals surface area contributed by atoms with Crippen LogP contribution in [0.1, 0.15) is 23.9 Å². The van der Waals surface area contributed by atoms with Crippen molar-refractivity contribution in [2.24, 2.45) is 0 Å². The third kappa shape index (κ3) is 3.28. The molecule has 0 bridgehead atoms. The lowest BCUT2D eigenvalue weighted by Gasteiger charge is -2.18. The van der Waals surface area contributed by atoms with Crippen LogP contribution >= 0.6 is 0 Å². The molecule has 1 aromatic heterocycles. The minimum atomic E-state index is -4.06. The molecule has 0 N–H and O–H groups in total. The monoisotopic (exact) mass is 343 g/mol. The zero-order valence-electron chi connectivity index (χ0n) is 13.5. The Labute approximate surface area is 134 Å². The first-order valence-corrected chi connectivity index (χ1v) is 8.56. The van der Waals surface area contributed by atoms with E-state index in [9.17, 15) is 17.2 Å². The van der Waals surface area contributed by atoms with E-state index < -0.39 is 26.6 Å². The summed E-state index contributed by atoms with van der Waals surface area (Å²) in [6, 6.07) is 2.42. The zero-order valence-corrected chi connectivity index (χ0v) is 14.3. The Balaban J connectivity index is 2.36. The molecule has 2 rings (SSSR count). The molecule has 0 aliphatic carbocycles. The summed E-state index contributed by atoms with van der Waals surface area (Å²) in [7, 11) is -2.70. The fourth-order valence-electron chi connectivity index (χ4n) is 2.43. The maximum Gasteiger partial charge on any atom is 0.246 e. The lowest BCUT2D eigenvalue weighted by molar-refractivity contribution is 0.457. The summed E-state index contributed by atoms with van der Waals surface area (Å²) in [6.07, 6.45) is 0. The zero-order chi connectivity index (χ0) is 17.4. The molecule has 1 heterocycles. The number of aryl methyl sites for hydroxylation is 2. The Morgan fingerprint density at radius 3 is 2.43 bits per heavy atom. The molecule has 0 saturated heterocycles. The molecule has 5 nitrogen and oxygen atoms in total. The highest BCUT2D eigenvalue weighted by molar-refractivity contribution is 7.89. The number of hydrogen-bond acceptors (Lipinski definition) is 3. The summed E-state index contributed by atoms with van der Waals surface area (Å²) in [4.78, 5) is -0.542. The van der Waals surface area contributed by atoms with E-state index >= 15 is 0 Å².